The van der Waals surface area contributed by atoms with E-state index in [2.05, 4.69) is 22.8 Å². The zero-order valence-electron chi connectivity index (χ0n) is 23.7. The van der Waals surface area contributed by atoms with Gasteiger partial charge in [0.05, 0.1) is 0 Å². The van der Waals surface area contributed by atoms with Gasteiger partial charge in [0.25, 0.3) is 0 Å². The van der Waals surface area contributed by atoms with Crippen molar-refractivity contribution in [1.82, 2.24) is 15.5 Å². The van der Waals surface area contributed by atoms with Crippen molar-refractivity contribution in [3.8, 4) is 11.1 Å². The lowest BCUT2D eigenvalue weighted by Gasteiger charge is -2.27. The molecular weight excluding hydrogens is 534 g/mol. The second kappa shape index (κ2) is 12.9. The van der Waals surface area contributed by atoms with Gasteiger partial charge in [-0.15, -0.1) is 0 Å². The summed E-state index contributed by atoms with van der Waals surface area (Å²) in [7, 11) is 0. The van der Waals surface area contributed by atoms with Gasteiger partial charge in [-0.1, -0.05) is 78.9 Å². The maximum Gasteiger partial charge on any atom is 0.407 e. The average molecular weight is 570 g/mol. The minimum atomic E-state index is -0.943. The predicted molar refractivity (Wildman–Crippen MR) is 156 cm³/mol. The highest BCUT2D eigenvalue weighted by atomic mass is 16.5. The van der Waals surface area contributed by atoms with E-state index in [4.69, 9.17) is 9.47 Å². The van der Waals surface area contributed by atoms with E-state index in [0.717, 1.165) is 27.8 Å². The third-order valence-corrected chi connectivity index (χ3v) is 7.83. The molecule has 1 aliphatic carbocycles. The van der Waals surface area contributed by atoms with Crippen LogP contribution in [0, 0.1) is 0 Å². The minimum absolute atomic E-state index is 0.0993. The van der Waals surface area contributed by atoms with Gasteiger partial charge in [0.15, 0.2) is 0 Å². The van der Waals surface area contributed by atoms with Crippen molar-refractivity contribution in [2.45, 2.75) is 57.3 Å². The van der Waals surface area contributed by atoms with Crippen molar-refractivity contribution in [2.75, 3.05) is 13.2 Å². The number of hydrogen-bond donors (Lipinski definition) is 2. The maximum absolute atomic E-state index is 13.2. The molecule has 1 fully saturated rings. The lowest BCUT2D eigenvalue weighted by atomic mass is 9.98. The number of rotatable bonds is 9. The van der Waals surface area contributed by atoms with Crippen molar-refractivity contribution in [2.24, 2.45) is 0 Å². The molecule has 1 heterocycles. The fourth-order valence-electron chi connectivity index (χ4n) is 5.63. The third kappa shape index (κ3) is 6.30. The molecule has 2 N–H and O–H groups in total. The molecule has 0 aromatic heterocycles. The van der Waals surface area contributed by atoms with Crippen molar-refractivity contribution >= 4 is 23.9 Å². The second-order valence-electron chi connectivity index (χ2n) is 10.7. The van der Waals surface area contributed by atoms with Crippen LogP contribution in [0.3, 0.4) is 0 Å². The molecule has 3 amide bonds. The highest BCUT2D eigenvalue weighted by Gasteiger charge is 2.38. The van der Waals surface area contributed by atoms with E-state index in [1.54, 1.807) is 6.92 Å². The number of carbonyl (C=O) groups excluding carboxylic acids is 4. The van der Waals surface area contributed by atoms with Crippen LogP contribution in [-0.2, 0) is 30.5 Å². The van der Waals surface area contributed by atoms with E-state index in [-0.39, 0.29) is 25.0 Å². The molecule has 0 bridgehead atoms. The fourth-order valence-corrected chi connectivity index (χ4v) is 5.63. The number of esters is 1. The normalized spacial score (nSPS) is 17.0. The van der Waals surface area contributed by atoms with Gasteiger partial charge in [-0.3, -0.25) is 9.59 Å². The van der Waals surface area contributed by atoms with E-state index in [0.29, 0.717) is 19.4 Å². The Morgan fingerprint density at radius 3 is 2.10 bits per heavy atom. The van der Waals surface area contributed by atoms with Crippen LogP contribution in [0.4, 0.5) is 4.79 Å². The molecule has 0 radical (unpaired) electrons. The largest absolute Gasteiger partial charge is 0.459 e. The monoisotopic (exact) mass is 569 g/mol. The average Bonchev–Trinajstić information content (AvgIpc) is 3.62. The molecule has 3 atom stereocenters. The first-order valence-electron chi connectivity index (χ1n) is 14.3. The summed E-state index contributed by atoms with van der Waals surface area (Å²) in [6.45, 7) is 3.74. The van der Waals surface area contributed by atoms with Crippen LogP contribution < -0.4 is 10.6 Å². The Morgan fingerprint density at radius 1 is 0.810 bits per heavy atom. The number of nitrogens with zero attached hydrogens (tertiary/aromatic N) is 1. The lowest BCUT2D eigenvalue weighted by Crippen LogP contribution is -2.54. The molecule has 3 aromatic rings. The van der Waals surface area contributed by atoms with E-state index in [1.807, 2.05) is 66.7 Å². The maximum atomic E-state index is 13.2. The molecule has 5 rings (SSSR count). The number of carbonyl (C=O) groups is 4. The summed E-state index contributed by atoms with van der Waals surface area (Å²) in [4.78, 5) is 52.8. The summed E-state index contributed by atoms with van der Waals surface area (Å²) in [6, 6.07) is 22.9. The lowest BCUT2D eigenvalue weighted by molar-refractivity contribution is -0.155. The van der Waals surface area contributed by atoms with Gasteiger partial charge >= 0.3 is 12.1 Å². The number of ether oxygens (including phenoxy) is 2. The van der Waals surface area contributed by atoms with Gasteiger partial charge in [-0.05, 0) is 54.5 Å². The summed E-state index contributed by atoms with van der Waals surface area (Å²) < 4.78 is 11.0. The Labute approximate surface area is 245 Å². The summed E-state index contributed by atoms with van der Waals surface area (Å²) in [5.41, 5.74) is 5.29. The number of hydrogen-bond acceptors (Lipinski definition) is 6. The van der Waals surface area contributed by atoms with Gasteiger partial charge < -0.3 is 25.0 Å². The fraction of sp³-hybridized carbons (Fsp3) is 0.333. The molecule has 218 valence electrons. The second-order valence-corrected chi connectivity index (χ2v) is 10.7. The summed E-state index contributed by atoms with van der Waals surface area (Å²) >= 11 is 0. The van der Waals surface area contributed by atoms with Crippen LogP contribution in [0.25, 0.3) is 11.1 Å². The molecule has 0 unspecified atom stereocenters. The molecule has 1 aliphatic heterocycles. The van der Waals surface area contributed by atoms with Crippen LogP contribution in [0.2, 0.25) is 0 Å². The van der Waals surface area contributed by atoms with Crippen molar-refractivity contribution in [3.05, 3.63) is 95.6 Å². The summed E-state index contributed by atoms with van der Waals surface area (Å²) in [5.74, 6) is -1.48. The highest BCUT2D eigenvalue weighted by molar-refractivity contribution is 5.93. The predicted octanol–water partition coefficient (Wildman–Crippen LogP) is 4.15. The zero-order chi connectivity index (χ0) is 29.6. The Hall–Kier alpha value is -4.66. The van der Waals surface area contributed by atoms with Crippen LogP contribution in [0.15, 0.2) is 78.9 Å². The number of benzene rings is 3. The van der Waals surface area contributed by atoms with E-state index < -0.39 is 36.1 Å². The summed E-state index contributed by atoms with van der Waals surface area (Å²) in [6.07, 6.45) is 0.441. The van der Waals surface area contributed by atoms with Crippen LogP contribution in [0.5, 0.6) is 0 Å². The molecule has 0 spiro atoms. The van der Waals surface area contributed by atoms with Gasteiger partial charge in [0, 0.05) is 12.5 Å². The number of fused-ring (bicyclic) bond motifs is 3. The first-order chi connectivity index (χ1) is 20.3. The van der Waals surface area contributed by atoms with E-state index >= 15 is 0 Å². The van der Waals surface area contributed by atoms with Gasteiger partial charge in [-0.25, -0.2) is 9.59 Å². The smallest absolute Gasteiger partial charge is 0.407 e. The Bertz CT molecular complexity index is 1410. The van der Waals surface area contributed by atoms with Gasteiger partial charge in [-0.2, -0.15) is 0 Å². The molecule has 42 heavy (non-hydrogen) atoms. The Balaban J connectivity index is 1.10. The Kier molecular flexibility index (Phi) is 8.85. The number of alkyl carbamates (subject to hydrolysis) is 1. The first kappa shape index (κ1) is 28.9. The SMILES string of the molecule is C[C@H](NC(=O)OCC1c2ccccc2-c2ccccc21)C(=O)N[C@@H](C)C(=O)N1CCC[C@H]1C(=O)OCc1ccccc1. The number of amides is 3. The Morgan fingerprint density at radius 2 is 1.43 bits per heavy atom. The first-order valence-corrected chi connectivity index (χ1v) is 14.3. The van der Waals surface area contributed by atoms with E-state index in [9.17, 15) is 19.2 Å². The van der Waals surface area contributed by atoms with Crippen LogP contribution >= 0.6 is 0 Å². The zero-order valence-corrected chi connectivity index (χ0v) is 23.7. The molecule has 3 aromatic carbocycles. The highest BCUT2D eigenvalue weighted by Crippen LogP contribution is 2.44. The quantitative estimate of drug-likeness (QED) is 0.374. The molecule has 9 heteroatoms. The van der Waals surface area contributed by atoms with Crippen molar-refractivity contribution < 1.29 is 28.7 Å². The summed E-state index contributed by atoms with van der Waals surface area (Å²) in [5, 5.41) is 5.20. The molecule has 1 saturated heterocycles. The molecule has 2 aliphatic rings. The number of likely N-dealkylation sites (tertiary alicyclic amines) is 1. The van der Waals surface area contributed by atoms with Crippen molar-refractivity contribution in [3.63, 3.8) is 0 Å². The molecular formula is C33H35N3O6. The van der Waals surface area contributed by atoms with Crippen LogP contribution in [-0.4, -0.2) is 60.1 Å². The van der Waals surface area contributed by atoms with Gasteiger partial charge in [0.1, 0.15) is 31.3 Å². The topological polar surface area (TPSA) is 114 Å². The van der Waals surface area contributed by atoms with Gasteiger partial charge in [0.2, 0.25) is 11.8 Å². The third-order valence-electron chi connectivity index (χ3n) is 7.83. The van der Waals surface area contributed by atoms with Crippen molar-refractivity contribution in [1.29, 1.82) is 0 Å². The molecule has 9 nitrogen and oxygen atoms in total. The van der Waals surface area contributed by atoms with Crippen LogP contribution in [0.1, 0.15) is 49.3 Å². The number of nitrogens with one attached hydrogen (secondary N) is 2. The standard InChI is InChI=1S/C33H35N3O6/c1-21(35-33(40)42-20-28-26-15-8-6-13-24(26)25-14-7-9-16-27(25)28)30(37)34-22(2)31(38)36-18-10-17-29(36)32(39)41-19-23-11-4-3-5-12-23/h3-9,11-16,21-22,28-29H,10,17-20H2,1-2H3,(H,34,37)(H,35,40)/t21-,22-,29-/m0/s1. The van der Waals surface area contributed by atoms with E-state index in [1.165, 1.54) is 11.8 Å². The molecule has 0 saturated carbocycles. The minimum Gasteiger partial charge on any atom is -0.459 e.